The van der Waals surface area contributed by atoms with E-state index in [1.165, 1.54) is 75.3 Å². The second-order valence-electron chi connectivity index (χ2n) is 7.55. The molecule has 2 aliphatic rings. The molecule has 146 valence electrons. The molecule has 0 atom stereocenters. The van der Waals surface area contributed by atoms with Crippen molar-refractivity contribution in [2.24, 2.45) is 4.99 Å². The third kappa shape index (κ3) is 5.68. The summed E-state index contributed by atoms with van der Waals surface area (Å²) in [5.74, 6) is 0.956. The Morgan fingerprint density at radius 3 is 2.81 bits per heavy atom. The monoisotopic (exact) mass is 377 g/mol. The van der Waals surface area contributed by atoms with E-state index in [-0.39, 0.29) is 0 Å². The second-order valence-corrected chi connectivity index (χ2v) is 8.72. The van der Waals surface area contributed by atoms with Crippen molar-refractivity contribution in [3.8, 4) is 0 Å². The van der Waals surface area contributed by atoms with Gasteiger partial charge in [0.05, 0.1) is 10.7 Å². The summed E-state index contributed by atoms with van der Waals surface area (Å²) in [6.07, 6.45) is 11.0. The van der Waals surface area contributed by atoms with Gasteiger partial charge < -0.3 is 15.5 Å². The predicted molar refractivity (Wildman–Crippen MR) is 111 cm³/mol. The summed E-state index contributed by atoms with van der Waals surface area (Å²) in [6, 6.07) is 0.556. The highest BCUT2D eigenvalue weighted by Crippen LogP contribution is 2.27. The molecule has 0 amide bonds. The Kier molecular flexibility index (Phi) is 7.74. The van der Waals surface area contributed by atoms with Crippen LogP contribution < -0.4 is 10.6 Å². The van der Waals surface area contributed by atoms with Crippen molar-refractivity contribution in [1.82, 2.24) is 20.5 Å². The molecule has 1 aromatic heterocycles. The lowest BCUT2D eigenvalue weighted by Crippen LogP contribution is -2.48. The van der Waals surface area contributed by atoms with Gasteiger partial charge >= 0.3 is 0 Å². The van der Waals surface area contributed by atoms with Gasteiger partial charge in [-0.05, 0) is 57.9 Å². The van der Waals surface area contributed by atoms with Gasteiger partial charge in [0.2, 0.25) is 0 Å². The maximum absolute atomic E-state index is 4.84. The molecule has 0 bridgehead atoms. The number of hydrogen-bond acceptors (Lipinski definition) is 4. The Morgan fingerprint density at radius 2 is 2.08 bits per heavy atom. The quantitative estimate of drug-likeness (QED) is 0.436. The summed E-state index contributed by atoms with van der Waals surface area (Å²) in [5, 5.41) is 8.42. The first-order valence-electron chi connectivity index (χ1n) is 10.5. The maximum atomic E-state index is 4.84. The molecule has 1 fully saturated rings. The first-order valence-corrected chi connectivity index (χ1v) is 11.3. The van der Waals surface area contributed by atoms with Crippen LogP contribution in [0.25, 0.3) is 0 Å². The number of nitrogens with zero attached hydrogens (tertiary/aromatic N) is 3. The van der Waals surface area contributed by atoms with Crippen LogP contribution in [0.2, 0.25) is 0 Å². The smallest absolute Gasteiger partial charge is 0.191 e. The number of piperidine rings is 1. The van der Waals surface area contributed by atoms with Crippen molar-refractivity contribution in [3.05, 3.63) is 15.6 Å². The Balaban J connectivity index is 1.34. The van der Waals surface area contributed by atoms with Crippen molar-refractivity contribution < 1.29 is 0 Å². The normalized spacial score (nSPS) is 19.4. The van der Waals surface area contributed by atoms with Crippen molar-refractivity contribution >= 4 is 17.3 Å². The number of fused-ring (bicyclic) bond motifs is 1. The molecule has 5 nitrogen and oxygen atoms in total. The van der Waals surface area contributed by atoms with Gasteiger partial charge in [-0.1, -0.05) is 6.92 Å². The SMILES string of the molecule is CCCN1CCC(NC(=NC)NCCCc2nc3c(s2)CCCC3)CC1. The topological polar surface area (TPSA) is 52.5 Å². The van der Waals surface area contributed by atoms with Crippen molar-refractivity contribution in [3.63, 3.8) is 0 Å². The number of aryl methyl sites for hydroxylation is 3. The van der Waals surface area contributed by atoms with E-state index in [9.17, 15) is 0 Å². The molecule has 0 unspecified atom stereocenters. The van der Waals surface area contributed by atoms with Crippen LogP contribution in [0.15, 0.2) is 4.99 Å². The zero-order valence-corrected chi connectivity index (χ0v) is 17.3. The van der Waals surface area contributed by atoms with Crippen LogP contribution in [-0.4, -0.2) is 55.1 Å². The molecule has 6 heteroatoms. The van der Waals surface area contributed by atoms with Gasteiger partial charge in [0.15, 0.2) is 5.96 Å². The number of hydrogen-bond donors (Lipinski definition) is 2. The van der Waals surface area contributed by atoms with Crippen LogP contribution in [0.1, 0.15) is 61.0 Å². The lowest BCUT2D eigenvalue weighted by atomic mass is 10.0. The second kappa shape index (κ2) is 10.3. The van der Waals surface area contributed by atoms with Crippen LogP contribution >= 0.6 is 11.3 Å². The Morgan fingerprint density at radius 1 is 1.27 bits per heavy atom. The summed E-state index contributed by atoms with van der Waals surface area (Å²) in [4.78, 5) is 13.4. The Labute approximate surface area is 162 Å². The van der Waals surface area contributed by atoms with E-state index in [1.807, 2.05) is 18.4 Å². The molecule has 0 saturated carbocycles. The molecule has 26 heavy (non-hydrogen) atoms. The van der Waals surface area contributed by atoms with Gasteiger partial charge in [-0.25, -0.2) is 4.98 Å². The van der Waals surface area contributed by atoms with E-state index in [1.54, 1.807) is 4.88 Å². The standard InChI is InChI=1S/C20H35N5S/c1-3-13-25-14-10-16(11-15-25)23-20(21-2)22-12-6-9-19-24-17-7-4-5-8-18(17)26-19/h16H,3-15H2,1-2H3,(H2,21,22,23). The van der Waals surface area contributed by atoms with Crippen molar-refractivity contribution in [2.45, 2.75) is 70.8 Å². The van der Waals surface area contributed by atoms with Crippen LogP contribution in [0.5, 0.6) is 0 Å². The maximum Gasteiger partial charge on any atom is 0.191 e. The third-order valence-corrected chi connectivity index (χ3v) is 6.66. The molecule has 1 aromatic rings. The number of aliphatic imine (C=N–C) groups is 1. The van der Waals surface area contributed by atoms with Gasteiger partial charge in [0.1, 0.15) is 0 Å². The van der Waals surface area contributed by atoms with Crippen LogP contribution in [-0.2, 0) is 19.3 Å². The average Bonchev–Trinajstić information content (AvgIpc) is 3.08. The molecule has 2 N–H and O–H groups in total. The lowest BCUT2D eigenvalue weighted by molar-refractivity contribution is 0.206. The van der Waals surface area contributed by atoms with Crippen LogP contribution in [0.3, 0.4) is 0 Å². The summed E-state index contributed by atoms with van der Waals surface area (Å²) < 4.78 is 0. The highest BCUT2D eigenvalue weighted by Gasteiger charge is 2.19. The van der Waals surface area contributed by atoms with E-state index in [4.69, 9.17) is 4.98 Å². The van der Waals surface area contributed by atoms with Crippen LogP contribution in [0, 0.1) is 0 Å². The van der Waals surface area contributed by atoms with E-state index in [0.717, 1.165) is 25.3 Å². The van der Waals surface area contributed by atoms with E-state index in [0.29, 0.717) is 6.04 Å². The average molecular weight is 378 g/mol. The highest BCUT2D eigenvalue weighted by molar-refractivity contribution is 7.11. The van der Waals surface area contributed by atoms with Gasteiger partial charge in [-0.3, -0.25) is 4.99 Å². The number of likely N-dealkylation sites (tertiary alicyclic amines) is 1. The Hall–Kier alpha value is -1.14. The number of nitrogens with one attached hydrogen (secondary N) is 2. The van der Waals surface area contributed by atoms with Gasteiger partial charge in [0.25, 0.3) is 0 Å². The van der Waals surface area contributed by atoms with Crippen molar-refractivity contribution in [2.75, 3.05) is 33.2 Å². The minimum atomic E-state index is 0.556. The molecular formula is C20H35N5S. The molecule has 0 radical (unpaired) electrons. The molecule has 2 heterocycles. The van der Waals surface area contributed by atoms with Gasteiger partial charge in [-0.2, -0.15) is 0 Å². The largest absolute Gasteiger partial charge is 0.356 e. The van der Waals surface area contributed by atoms with Gasteiger partial charge in [-0.15, -0.1) is 11.3 Å². The lowest BCUT2D eigenvalue weighted by Gasteiger charge is -2.32. The van der Waals surface area contributed by atoms with E-state index in [2.05, 4.69) is 27.4 Å². The summed E-state index contributed by atoms with van der Waals surface area (Å²) >= 11 is 1.94. The fourth-order valence-electron chi connectivity index (χ4n) is 3.96. The molecule has 1 aliphatic carbocycles. The third-order valence-electron chi connectivity index (χ3n) is 5.44. The summed E-state index contributed by atoms with van der Waals surface area (Å²) in [7, 11) is 1.87. The number of thiazole rings is 1. The zero-order chi connectivity index (χ0) is 18.2. The Bertz CT molecular complexity index is 551. The molecule has 1 saturated heterocycles. The van der Waals surface area contributed by atoms with Crippen molar-refractivity contribution in [1.29, 1.82) is 0 Å². The first kappa shape index (κ1) is 19.6. The fourth-order valence-corrected chi connectivity index (χ4v) is 5.16. The van der Waals surface area contributed by atoms with Crippen LogP contribution in [0.4, 0.5) is 0 Å². The summed E-state index contributed by atoms with van der Waals surface area (Å²) in [6.45, 7) is 6.87. The molecule has 0 aromatic carbocycles. The van der Waals surface area contributed by atoms with E-state index >= 15 is 0 Å². The zero-order valence-electron chi connectivity index (χ0n) is 16.5. The number of aromatic nitrogens is 1. The predicted octanol–water partition coefficient (Wildman–Crippen LogP) is 2.99. The highest BCUT2D eigenvalue weighted by atomic mass is 32.1. The minimum absolute atomic E-state index is 0.556. The number of guanidine groups is 1. The van der Waals surface area contributed by atoms with Gasteiger partial charge in [0, 0.05) is 44.0 Å². The molecular weight excluding hydrogens is 342 g/mol. The molecule has 1 aliphatic heterocycles. The molecule has 3 rings (SSSR count). The van der Waals surface area contributed by atoms with E-state index < -0.39 is 0 Å². The summed E-state index contributed by atoms with van der Waals surface area (Å²) in [5.41, 5.74) is 1.39. The molecule has 0 spiro atoms. The fraction of sp³-hybridized carbons (Fsp3) is 0.800. The minimum Gasteiger partial charge on any atom is -0.356 e. The number of rotatable bonds is 7. The first-order chi connectivity index (χ1) is 12.8.